The molecule has 3 nitrogen and oxygen atoms in total. The van der Waals surface area contributed by atoms with Gasteiger partial charge < -0.3 is 9.64 Å². The molecule has 0 radical (unpaired) electrons. The number of benzene rings is 1. The van der Waals surface area contributed by atoms with E-state index in [-0.39, 0.29) is 0 Å². The highest BCUT2D eigenvalue weighted by Crippen LogP contribution is 2.32. The number of unbranched alkanes of at least 4 members (excludes halogenated alkanes) is 6. The lowest BCUT2D eigenvalue weighted by molar-refractivity contribution is 0.112. The van der Waals surface area contributed by atoms with E-state index in [0.29, 0.717) is 0 Å². The molecular formula is C30H45NO2S. The molecule has 0 aliphatic heterocycles. The third kappa shape index (κ3) is 9.03. The van der Waals surface area contributed by atoms with Crippen molar-refractivity contribution in [1.82, 2.24) is 0 Å². The molecule has 0 saturated carbocycles. The van der Waals surface area contributed by atoms with Crippen LogP contribution in [0.15, 0.2) is 24.3 Å². The smallest absolute Gasteiger partial charge is 0.160 e. The van der Waals surface area contributed by atoms with Crippen molar-refractivity contribution in [1.29, 1.82) is 0 Å². The van der Waals surface area contributed by atoms with Crippen molar-refractivity contribution >= 4 is 35.5 Å². The van der Waals surface area contributed by atoms with E-state index in [9.17, 15) is 4.79 Å². The summed E-state index contributed by atoms with van der Waals surface area (Å²) in [6.07, 6.45) is 17.6. The van der Waals surface area contributed by atoms with Gasteiger partial charge in [-0.3, -0.25) is 4.79 Å². The van der Waals surface area contributed by atoms with Gasteiger partial charge in [0.2, 0.25) is 0 Å². The maximum absolute atomic E-state index is 11.9. The number of thiophene rings is 1. The van der Waals surface area contributed by atoms with Crippen molar-refractivity contribution in [2.24, 2.45) is 0 Å². The normalized spacial score (nSPS) is 11.4. The molecule has 0 aliphatic rings. The van der Waals surface area contributed by atoms with Gasteiger partial charge in [-0.25, -0.2) is 0 Å². The van der Waals surface area contributed by atoms with Gasteiger partial charge in [0, 0.05) is 30.8 Å². The lowest BCUT2D eigenvalue weighted by Gasteiger charge is -2.22. The summed E-state index contributed by atoms with van der Waals surface area (Å²) in [5.41, 5.74) is 5.15. The Hall–Kier alpha value is -1.91. The fraction of sp³-hybridized carbons (Fsp3) is 0.567. The quantitative estimate of drug-likeness (QED) is 0.157. The molecule has 2 rings (SSSR count). The highest BCUT2D eigenvalue weighted by Gasteiger charge is 2.16. The Bertz CT molecular complexity index is 853. The number of carbonyl (C=O) groups excluding carboxylic acids is 1. The zero-order valence-corrected chi connectivity index (χ0v) is 22.7. The van der Waals surface area contributed by atoms with Crippen molar-refractivity contribution in [3.05, 3.63) is 50.7 Å². The molecule has 2 aromatic rings. The summed E-state index contributed by atoms with van der Waals surface area (Å²) in [5.74, 6) is 0. The average Bonchev–Trinajstić information content (AvgIpc) is 3.20. The molecule has 0 unspecified atom stereocenters. The van der Waals surface area contributed by atoms with Gasteiger partial charge in [0.05, 0.1) is 11.5 Å². The van der Waals surface area contributed by atoms with Crippen LogP contribution in [0.4, 0.5) is 5.69 Å². The number of methoxy groups -OCH3 is 1. The third-order valence-corrected chi connectivity index (χ3v) is 7.64. The molecular weight excluding hydrogens is 438 g/mol. The molecule has 1 aromatic carbocycles. The van der Waals surface area contributed by atoms with Crippen molar-refractivity contribution < 1.29 is 9.53 Å². The molecule has 0 spiro atoms. The Morgan fingerprint density at radius 1 is 0.824 bits per heavy atom. The van der Waals surface area contributed by atoms with E-state index >= 15 is 0 Å². The van der Waals surface area contributed by atoms with E-state index in [4.69, 9.17) is 4.74 Å². The van der Waals surface area contributed by atoms with Crippen molar-refractivity contribution in [3.8, 4) is 0 Å². The van der Waals surface area contributed by atoms with Gasteiger partial charge in [0.1, 0.15) is 0 Å². The molecule has 0 fully saturated rings. The first-order chi connectivity index (χ1) is 16.7. The second-order valence-corrected chi connectivity index (χ2v) is 10.1. The molecule has 1 heterocycles. The Balaban J connectivity index is 2.21. The molecule has 0 saturated heterocycles. The first-order valence-electron chi connectivity index (χ1n) is 13.3. The van der Waals surface area contributed by atoms with Gasteiger partial charge in [-0.1, -0.05) is 70.6 Å². The molecule has 1 aromatic heterocycles. The van der Waals surface area contributed by atoms with Crippen molar-refractivity contribution in [2.45, 2.75) is 85.0 Å². The predicted molar refractivity (Wildman–Crippen MR) is 151 cm³/mol. The number of rotatable bonds is 18. The van der Waals surface area contributed by atoms with Crippen LogP contribution < -0.4 is 4.90 Å². The second-order valence-electron chi connectivity index (χ2n) is 9.02. The molecule has 0 bridgehead atoms. The minimum absolute atomic E-state index is 0.731. The van der Waals surface area contributed by atoms with Crippen LogP contribution in [0.5, 0.6) is 0 Å². The standard InChI is InChI=1S/C30H45NO2S/c1-5-8-10-12-14-27-28(15-13-11-9-6-2)30(24-32)34-29(27)21-18-25-16-19-26(20-17-25)31(7-3)22-23-33-4/h16-21,24H,5-15,22-23H2,1-4H3. The summed E-state index contributed by atoms with van der Waals surface area (Å²) in [7, 11) is 1.75. The van der Waals surface area contributed by atoms with Gasteiger partial charge in [-0.05, 0) is 67.5 Å². The van der Waals surface area contributed by atoms with Gasteiger partial charge in [0.25, 0.3) is 0 Å². The van der Waals surface area contributed by atoms with Gasteiger partial charge in [0.15, 0.2) is 6.29 Å². The predicted octanol–water partition coefficient (Wildman–Crippen LogP) is 8.45. The fourth-order valence-electron chi connectivity index (χ4n) is 4.41. The minimum Gasteiger partial charge on any atom is -0.383 e. The Kier molecular flexibility index (Phi) is 13.9. The van der Waals surface area contributed by atoms with Crippen LogP contribution in [0.25, 0.3) is 12.2 Å². The lowest BCUT2D eigenvalue weighted by atomic mass is 9.96. The SMILES string of the molecule is CCCCCCc1c(C=O)sc(C=Cc2ccc(N(CC)CCOC)cc2)c1CCCCCC. The van der Waals surface area contributed by atoms with E-state index in [1.54, 1.807) is 18.4 Å². The Labute approximate surface area is 212 Å². The van der Waals surface area contributed by atoms with Crippen LogP contribution in [0.3, 0.4) is 0 Å². The van der Waals surface area contributed by atoms with Crippen LogP contribution in [0.1, 0.15) is 103 Å². The summed E-state index contributed by atoms with van der Waals surface area (Å²) in [6, 6.07) is 8.74. The number of hydrogen-bond acceptors (Lipinski definition) is 4. The molecule has 0 N–H and O–H groups in total. The average molecular weight is 484 g/mol. The summed E-state index contributed by atoms with van der Waals surface area (Å²) >= 11 is 1.68. The molecule has 34 heavy (non-hydrogen) atoms. The Morgan fingerprint density at radius 3 is 1.97 bits per heavy atom. The van der Waals surface area contributed by atoms with Gasteiger partial charge in [-0.2, -0.15) is 0 Å². The molecule has 0 amide bonds. The fourth-order valence-corrected chi connectivity index (χ4v) is 5.53. The monoisotopic (exact) mass is 483 g/mol. The van der Waals surface area contributed by atoms with E-state index in [2.05, 4.69) is 62.1 Å². The largest absolute Gasteiger partial charge is 0.383 e. The zero-order chi connectivity index (χ0) is 24.6. The van der Waals surface area contributed by atoms with Crippen molar-refractivity contribution in [2.75, 3.05) is 31.7 Å². The van der Waals surface area contributed by atoms with Crippen molar-refractivity contribution in [3.63, 3.8) is 0 Å². The van der Waals surface area contributed by atoms with E-state index in [0.717, 1.165) is 43.7 Å². The Morgan fingerprint density at radius 2 is 1.44 bits per heavy atom. The van der Waals surface area contributed by atoms with Crippen LogP contribution in [-0.2, 0) is 17.6 Å². The highest BCUT2D eigenvalue weighted by molar-refractivity contribution is 7.15. The topological polar surface area (TPSA) is 29.5 Å². The van der Waals surface area contributed by atoms with Gasteiger partial charge in [-0.15, -0.1) is 11.3 Å². The van der Waals surface area contributed by atoms with Crippen LogP contribution in [0.2, 0.25) is 0 Å². The third-order valence-electron chi connectivity index (χ3n) is 6.48. The summed E-state index contributed by atoms with van der Waals surface area (Å²) in [4.78, 5) is 16.4. The number of aldehydes is 1. The first kappa shape index (κ1) is 28.3. The van der Waals surface area contributed by atoms with Gasteiger partial charge >= 0.3 is 0 Å². The maximum atomic E-state index is 11.9. The first-order valence-corrected chi connectivity index (χ1v) is 14.1. The summed E-state index contributed by atoms with van der Waals surface area (Å²) in [5, 5.41) is 0. The highest BCUT2D eigenvalue weighted by atomic mass is 32.1. The number of hydrogen-bond donors (Lipinski definition) is 0. The molecule has 0 atom stereocenters. The number of anilines is 1. The lowest BCUT2D eigenvalue weighted by Crippen LogP contribution is -2.26. The summed E-state index contributed by atoms with van der Waals surface area (Å²) < 4.78 is 5.24. The van der Waals surface area contributed by atoms with E-state index < -0.39 is 0 Å². The molecule has 4 heteroatoms. The zero-order valence-electron chi connectivity index (χ0n) is 21.9. The second kappa shape index (κ2) is 16.7. The molecule has 0 aliphatic carbocycles. The summed E-state index contributed by atoms with van der Waals surface area (Å²) in [6.45, 7) is 9.26. The number of nitrogens with zero attached hydrogens (tertiary/aromatic N) is 1. The number of ether oxygens (including phenoxy) is 1. The maximum Gasteiger partial charge on any atom is 0.160 e. The van der Waals surface area contributed by atoms with E-state index in [1.807, 2.05) is 0 Å². The van der Waals surface area contributed by atoms with Crippen LogP contribution >= 0.6 is 11.3 Å². The van der Waals surface area contributed by atoms with E-state index in [1.165, 1.54) is 78.6 Å². The molecule has 188 valence electrons. The number of likely N-dealkylation sites (N-methyl/N-ethyl adjacent to an activating group) is 1. The number of carbonyl (C=O) groups is 1. The van der Waals surface area contributed by atoms with Crippen LogP contribution in [-0.4, -0.2) is 33.1 Å². The minimum atomic E-state index is 0.731. The van der Waals surface area contributed by atoms with Crippen LogP contribution in [0, 0.1) is 0 Å².